The molecule has 1 unspecified atom stereocenters. The number of hydrogen-bond acceptors (Lipinski definition) is 4. The summed E-state index contributed by atoms with van der Waals surface area (Å²) in [5.74, 6) is 1.01. The normalized spacial score (nSPS) is 17.9. The summed E-state index contributed by atoms with van der Waals surface area (Å²) >= 11 is 0. The topological polar surface area (TPSA) is 75.2 Å². The summed E-state index contributed by atoms with van der Waals surface area (Å²) in [4.78, 5) is 19.0. The van der Waals surface area contributed by atoms with Gasteiger partial charge in [-0.05, 0) is 43.7 Å². The zero-order chi connectivity index (χ0) is 21.0. The fourth-order valence-electron chi connectivity index (χ4n) is 3.80. The fraction of sp³-hybridized carbons (Fsp3) is 0.652. The van der Waals surface area contributed by atoms with E-state index in [1.807, 2.05) is 17.0 Å². The summed E-state index contributed by atoms with van der Waals surface area (Å²) < 4.78 is 11.2. The van der Waals surface area contributed by atoms with Gasteiger partial charge in [-0.3, -0.25) is 9.79 Å². The van der Waals surface area contributed by atoms with E-state index in [4.69, 9.17) is 9.47 Å². The number of nitrogens with zero attached hydrogens (tertiary/aromatic N) is 2. The second kappa shape index (κ2) is 14.6. The van der Waals surface area contributed by atoms with E-state index < -0.39 is 0 Å². The van der Waals surface area contributed by atoms with Crippen molar-refractivity contribution in [2.24, 2.45) is 4.99 Å². The quantitative estimate of drug-likeness (QED) is 0.194. The maximum absolute atomic E-state index is 12.5. The molecular formula is C23H37IN4O3. The van der Waals surface area contributed by atoms with E-state index in [9.17, 15) is 4.79 Å². The lowest BCUT2D eigenvalue weighted by atomic mass is 10.1. The molecule has 1 aromatic carbocycles. The Labute approximate surface area is 203 Å². The van der Waals surface area contributed by atoms with E-state index in [1.54, 1.807) is 0 Å². The molecule has 1 fully saturated rings. The summed E-state index contributed by atoms with van der Waals surface area (Å²) in [6, 6.07) is 8.28. The maximum Gasteiger partial charge on any atom is 0.223 e. The Morgan fingerprint density at radius 1 is 1.23 bits per heavy atom. The van der Waals surface area contributed by atoms with Gasteiger partial charge in [0, 0.05) is 52.4 Å². The zero-order valence-corrected chi connectivity index (χ0v) is 20.9. The molecule has 1 amide bonds. The molecule has 0 aromatic heterocycles. The zero-order valence-electron chi connectivity index (χ0n) is 18.6. The second-order valence-corrected chi connectivity index (χ2v) is 7.87. The monoisotopic (exact) mass is 544 g/mol. The molecule has 0 bridgehead atoms. The number of nitrogens with one attached hydrogen (secondary N) is 2. The van der Waals surface area contributed by atoms with Crippen LogP contribution >= 0.6 is 24.0 Å². The third-order valence-electron chi connectivity index (χ3n) is 5.44. The lowest BCUT2D eigenvalue weighted by Crippen LogP contribution is -2.38. The van der Waals surface area contributed by atoms with Crippen LogP contribution in [0.4, 0.5) is 0 Å². The summed E-state index contributed by atoms with van der Waals surface area (Å²) in [6.07, 6.45) is 4.76. The number of halogens is 1. The highest BCUT2D eigenvalue weighted by molar-refractivity contribution is 14.0. The highest BCUT2D eigenvalue weighted by Gasteiger charge is 2.22. The molecule has 1 aromatic rings. The number of hydrogen-bond donors (Lipinski definition) is 2. The molecule has 0 spiro atoms. The largest absolute Gasteiger partial charge is 0.379 e. The lowest BCUT2D eigenvalue weighted by Gasteiger charge is -2.15. The first kappa shape index (κ1) is 25.9. The van der Waals surface area contributed by atoms with Gasteiger partial charge in [0.15, 0.2) is 5.96 Å². The van der Waals surface area contributed by atoms with Crippen LogP contribution in [0.2, 0.25) is 0 Å². The van der Waals surface area contributed by atoms with E-state index in [1.165, 1.54) is 11.1 Å². The molecule has 31 heavy (non-hydrogen) atoms. The van der Waals surface area contributed by atoms with E-state index in [2.05, 4.69) is 34.7 Å². The molecule has 7 nitrogen and oxygen atoms in total. The number of benzene rings is 1. The first-order valence-electron chi connectivity index (χ1n) is 11.3. The molecule has 174 valence electrons. The molecule has 2 aliphatic heterocycles. The minimum atomic E-state index is 0. The molecule has 0 saturated carbocycles. The number of ether oxygens (including phenoxy) is 2. The summed E-state index contributed by atoms with van der Waals surface area (Å²) in [5, 5.41) is 6.59. The van der Waals surface area contributed by atoms with Gasteiger partial charge in [-0.25, -0.2) is 0 Å². The lowest BCUT2D eigenvalue weighted by molar-refractivity contribution is -0.131. The molecule has 0 aliphatic carbocycles. The van der Waals surface area contributed by atoms with Crippen LogP contribution in [0.25, 0.3) is 0 Å². The van der Waals surface area contributed by atoms with Crippen LogP contribution in [0.15, 0.2) is 29.3 Å². The SMILES string of the molecule is CCNC(=NCCCC(=O)N1Cc2ccccc2C1)NCCCOCC1CCCO1.I. The Balaban J connectivity index is 0.00000341. The van der Waals surface area contributed by atoms with Gasteiger partial charge in [0.25, 0.3) is 0 Å². The molecule has 3 rings (SSSR count). The predicted molar refractivity (Wildman–Crippen MR) is 134 cm³/mol. The van der Waals surface area contributed by atoms with Gasteiger partial charge in [0.2, 0.25) is 5.91 Å². The molecule has 8 heteroatoms. The number of guanidine groups is 1. The Bertz CT molecular complexity index is 670. The van der Waals surface area contributed by atoms with Crippen molar-refractivity contribution in [1.82, 2.24) is 15.5 Å². The first-order chi connectivity index (χ1) is 14.8. The van der Waals surface area contributed by atoms with Crippen molar-refractivity contribution in [3.8, 4) is 0 Å². The molecule has 2 N–H and O–H groups in total. The third-order valence-corrected chi connectivity index (χ3v) is 5.44. The molecule has 1 atom stereocenters. The minimum absolute atomic E-state index is 0. The van der Waals surface area contributed by atoms with Crippen LogP contribution in [0, 0.1) is 0 Å². The van der Waals surface area contributed by atoms with Gasteiger partial charge >= 0.3 is 0 Å². The van der Waals surface area contributed by atoms with Crippen molar-refractivity contribution >= 4 is 35.8 Å². The number of carbonyl (C=O) groups is 1. The molecule has 1 saturated heterocycles. The molecule has 2 heterocycles. The smallest absolute Gasteiger partial charge is 0.223 e. The first-order valence-corrected chi connectivity index (χ1v) is 11.3. The fourth-order valence-corrected chi connectivity index (χ4v) is 3.80. The van der Waals surface area contributed by atoms with Gasteiger partial charge in [0.1, 0.15) is 0 Å². The molecule has 2 aliphatic rings. The predicted octanol–water partition coefficient (Wildman–Crippen LogP) is 3.07. The summed E-state index contributed by atoms with van der Waals surface area (Å²) in [6.45, 7) is 8.07. The van der Waals surface area contributed by atoms with Crippen molar-refractivity contribution in [2.45, 2.75) is 58.2 Å². The Kier molecular flexibility index (Phi) is 12.2. The third kappa shape index (κ3) is 8.94. The van der Waals surface area contributed by atoms with E-state index in [0.29, 0.717) is 19.6 Å². The number of carbonyl (C=O) groups excluding carboxylic acids is 1. The van der Waals surface area contributed by atoms with Crippen LogP contribution in [0.5, 0.6) is 0 Å². The number of rotatable bonds is 11. The van der Waals surface area contributed by atoms with E-state index in [0.717, 1.165) is 71.0 Å². The number of amides is 1. The number of aliphatic imine (C=N–C) groups is 1. The standard InChI is InChI=1S/C23H36N4O3.HI/c1-2-24-23(26-13-7-14-29-18-21-10-6-15-30-21)25-12-5-11-22(28)27-16-19-8-3-4-9-20(19)17-27;/h3-4,8-9,21H,2,5-7,10-18H2,1H3,(H2,24,25,26);1H. The average molecular weight is 544 g/mol. The van der Waals surface area contributed by atoms with Gasteiger partial charge < -0.3 is 25.0 Å². The number of fused-ring (bicyclic) bond motifs is 1. The molecule has 0 radical (unpaired) electrons. The van der Waals surface area contributed by atoms with Crippen molar-refractivity contribution < 1.29 is 14.3 Å². The molecular weight excluding hydrogens is 507 g/mol. The average Bonchev–Trinajstić information content (AvgIpc) is 3.43. The van der Waals surface area contributed by atoms with Crippen LogP contribution in [-0.4, -0.2) is 62.3 Å². The minimum Gasteiger partial charge on any atom is -0.379 e. The highest BCUT2D eigenvalue weighted by Crippen LogP contribution is 2.22. The Hall–Kier alpha value is -1.39. The van der Waals surface area contributed by atoms with Crippen LogP contribution < -0.4 is 10.6 Å². The highest BCUT2D eigenvalue weighted by atomic mass is 127. The van der Waals surface area contributed by atoms with Crippen LogP contribution in [-0.2, 0) is 27.4 Å². The van der Waals surface area contributed by atoms with Crippen LogP contribution in [0.1, 0.15) is 50.2 Å². The van der Waals surface area contributed by atoms with Crippen LogP contribution in [0.3, 0.4) is 0 Å². The van der Waals surface area contributed by atoms with Gasteiger partial charge in [0.05, 0.1) is 12.7 Å². The van der Waals surface area contributed by atoms with Crippen molar-refractivity contribution in [3.63, 3.8) is 0 Å². The van der Waals surface area contributed by atoms with E-state index >= 15 is 0 Å². The van der Waals surface area contributed by atoms with Crippen molar-refractivity contribution in [3.05, 3.63) is 35.4 Å². The Morgan fingerprint density at radius 3 is 2.68 bits per heavy atom. The van der Waals surface area contributed by atoms with Gasteiger partial charge in [-0.15, -0.1) is 24.0 Å². The van der Waals surface area contributed by atoms with Crippen molar-refractivity contribution in [2.75, 3.05) is 39.5 Å². The Morgan fingerprint density at radius 2 is 2.00 bits per heavy atom. The van der Waals surface area contributed by atoms with Gasteiger partial charge in [-0.2, -0.15) is 0 Å². The summed E-state index contributed by atoms with van der Waals surface area (Å²) in [5.41, 5.74) is 2.53. The maximum atomic E-state index is 12.5. The second-order valence-electron chi connectivity index (χ2n) is 7.87. The summed E-state index contributed by atoms with van der Waals surface area (Å²) in [7, 11) is 0. The van der Waals surface area contributed by atoms with E-state index in [-0.39, 0.29) is 36.0 Å². The van der Waals surface area contributed by atoms with Gasteiger partial charge in [-0.1, -0.05) is 24.3 Å². The van der Waals surface area contributed by atoms with Crippen molar-refractivity contribution in [1.29, 1.82) is 0 Å².